The predicted molar refractivity (Wildman–Crippen MR) is 71.3 cm³/mol. The molecule has 0 aromatic rings. The van der Waals surface area contributed by atoms with E-state index in [0.717, 1.165) is 25.7 Å². The molecule has 0 aromatic heterocycles. The Bertz CT molecular complexity index is 259. The van der Waals surface area contributed by atoms with E-state index in [2.05, 4.69) is 44.8 Å². The number of rotatable bonds is 1. The quantitative estimate of drug-likeness (QED) is 0.759. The topological polar surface area (TPSA) is 24.5 Å². The molecule has 2 heterocycles. The summed E-state index contributed by atoms with van der Waals surface area (Å²) in [4.78, 5) is 2.65. The Balaban J connectivity index is 2.04. The van der Waals surface area contributed by atoms with Crippen molar-refractivity contribution in [2.45, 2.75) is 70.7 Å². The molecule has 2 fully saturated rings. The zero-order chi connectivity index (χ0) is 12.7. The molecule has 17 heavy (non-hydrogen) atoms. The van der Waals surface area contributed by atoms with Crippen LogP contribution in [-0.4, -0.2) is 47.8 Å². The van der Waals surface area contributed by atoms with Gasteiger partial charge in [-0.3, -0.25) is 4.90 Å². The second kappa shape index (κ2) is 4.52. The van der Waals surface area contributed by atoms with Crippen molar-refractivity contribution in [3.8, 4) is 0 Å². The standard InChI is InChI=1S/C14H28N2O/c1-11-8-12(6-7-15-11)16-9-13(2,3)17-14(4,5)10-16/h11-12,15H,6-10H2,1-5H3. The van der Waals surface area contributed by atoms with Crippen LogP contribution in [0, 0.1) is 0 Å². The number of hydrogen-bond acceptors (Lipinski definition) is 3. The fourth-order valence-electron chi connectivity index (χ4n) is 3.54. The minimum absolute atomic E-state index is 0.0180. The molecule has 2 rings (SSSR count). The van der Waals surface area contributed by atoms with E-state index >= 15 is 0 Å². The molecule has 2 unspecified atom stereocenters. The van der Waals surface area contributed by atoms with Crippen molar-refractivity contribution in [2.75, 3.05) is 19.6 Å². The van der Waals surface area contributed by atoms with Crippen LogP contribution in [0.2, 0.25) is 0 Å². The maximum absolute atomic E-state index is 6.15. The van der Waals surface area contributed by atoms with Gasteiger partial charge in [0.2, 0.25) is 0 Å². The Morgan fingerprint density at radius 1 is 1.12 bits per heavy atom. The first kappa shape index (κ1) is 13.3. The van der Waals surface area contributed by atoms with Crippen LogP contribution in [0.4, 0.5) is 0 Å². The van der Waals surface area contributed by atoms with E-state index in [1.807, 2.05) is 0 Å². The van der Waals surface area contributed by atoms with Crippen LogP contribution in [-0.2, 0) is 4.74 Å². The minimum atomic E-state index is -0.0180. The molecule has 0 saturated carbocycles. The first-order chi connectivity index (χ1) is 7.77. The molecule has 0 aromatic carbocycles. The first-order valence-corrected chi connectivity index (χ1v) is 6.95. The van der Waals surface area contributed by atoms with Gasteiger partial charge >= 0.3 is 0 Å². The highest BCUT2D eigenvalue weighted by atomic mass is 16.5. The molecule has 2 aliphatic rings. The van der Waals surface area contributed by atoms with E-state index < -0.39 is 0 Å². The number of hydrogen-bond donors (Lipinski definition) is 1. The molecular formula is C14H28N2O. The molecule has 0 amide bonds. The zero-order valence-corrected chi connectivity index (χ0v) is 12.0. The van der Waals surface area contributed by atoms with Crippen LogP contribution in [0.3, 0.4) is 0 Å². The third kappa shape index (κ3) is 3.43. The van der Waals surface area contributed by atoms with Crippen LogP contribution < -0.4 is 5.32 Å². The van der Waals surface area contributed by atoms with Gasteiger partial charge in [0.1, 0.15) is 0 Å². The normalized spacial score (nSPS) is 37.9. The summed E-state index contributed by atoms with van der Waals surface area (Å²) < 4.78 is 6.15. The van der Waals surface area contributed by atoms with Crippen LogP contribution in [0.5, 0.6) is 0 Å². The molecule has 2 saturated heterocycles. The van der Waals surface area contributed by atoms with Gasteiger partial charge in [0.05, 0.1) is 11.2 Å². The lowest BCUT2D eigenvalue weighted by molar-refractivity contribution is -0.189. The SMILES string of the molecule is CC1CC(N2CC(C)(C)OC(C)(C)C2)CCN1. The Morgan fingerprint density at radius 3 is 2.24 bits per heavy atom. The molecule has 0 radical (unpaired) electrons. The van der Waals surface area contributed by atoms with Crippen LogP contribution in [0.15, 0.2) is 0 Å². The Kier molecular flexibility index (Phi) is 3.54. The van der Waals surface area contributed by atoms with E-state index in [1.54, 1.807) is 0 Å². The number of piperidine rings is 1. The van der Waals surface area contributed by atoms with Gasteiger partial charge < -0.3 is 10.1 Å². The Hall–Kier alpha value is -0.120. The Labute approximate surface area is 106 Å². The highest BCUT2D eigenvalue weighted by Crippen LogP contribution is 2.31. The van der Waals surface area contributed by atoms with Crippen molar-refractivity contribution in [1.29, 1.82) is 0 Å². The number of nitrogens with one attached hydrogen (secondary N) is 1. The van der Waals surface area contributed by atoms with Crippen molar-refractivity contribution in [3.05, 3.63) is 0 Å². The minimum Gasteiger partial charge on any atom is -0.367 e. The van der Waals surface area contributed by atoms with E-state index in [-0.39, 0.29) is 11.2 Å². The third-order valence-electron chi connectivity index (χ3n) is 3.83. The molecule has 2 atom stereocenters. The summed E-state index contributed by atoms with van der Waals surface area (Å²) in [6.07, 6.45) is 2.54. The first-order valence-electron chi connectivity index (χ1n) is 6.95. The predicted octanol–water partition coefficient (Wildman–Crippen LogP) is 2.02. The Morgan fingerprint density at radius 2 is 1.71 bits per heavy atom. The average Bonchev–Trinajstić information content (AvgIpc) is 2.12. The summed E-state index contributed by atoms with van der Waals surface area (Å²) >= 11 is 0. The number of morpholine rings is 1. The second-order valence-electron chi connectivity index (χ2n) is 7.06. The van der Waals surface area contributed by atoms with E-state index in [9.17, 15) is 0 Å². The second-order valence-corrected chi connectivity index (χ2v) is 7.06. The van der Waals surface area contributed by atoms with Gasteiger partial charge in [-0.25, -0.2) is 0 Å². The number of nitrogens with zero attached hydrogens (tertiary/aromatic N) is 1. The monoisotopic (exact) mass is 240 g/mol. The van der Waals surface area contributed by atoms with Gasteiger partial charge in [0.15, 0.2) is 0 Å². The molecule has 100 valence electrons. The van der Waals surface area contributed by atoms with E-state index in [4.69, 9.17) is 4.74 Å². The molecule has 3 heteroatoms. The van der Waals surface area contributed by atoms with Gasteiger partial charge in [0.25, 0.3) is 0 Å². The van der Waals surface area contributed by atoms with Crippen LogP contribution in [0.25, 0.3) is 0 Å². The van der Waals surface area contributed by atoms with Crippen LogP contribution in [0.1, 0.15) is 47.5 Å². The summed E-state index contributed by atoms with van der Waals surface area (Å²) in [6, 6.07) is 1.39. The number of ether oxygens (including phenoxy) is 1. The molecule has 1 N–H and O–H groups in total. The van der Waals surface area contributed by atoms with Gasteiger partial charge in [-0.05, 0) is 54.0 Å². The van der Waals surface area contributed by atoms with Crippen molar-refractivity contribution in [1.82, 2.24) is 10.2 Å². The lowest BCUT2D eigenvalue weighted by Gasteiger charge is -2.51. The van der Waals surface area contributed by atoms with Crippen molar-refractivity contribution < 1.29 is 4.74 Å². The molecule has 0 spiro atoms. The summed E-state index contributed by atoms with van der Waals surface area (Å²) in [5.41, 5.74) is -0.0360. The molecule has 0 bridgehead atoms. The average molecular weight is 240 g/mol. The zero-order valence-electron chi connectivity index (χ0n) is 12.0. The summed E-state index contributed by atoms with van der Waals surface area (Å²) in [7, 11) is 0. The molecule has 0 aliphatic carbocycles. The van der Waals surface area contributed by atoms with Gasteiger partial charge in [-0.15, -0.1) is 0 Å². The smallest absolute Gasteiger partial charge is 0.0760 e. The fraction of sp³-hybridized carbons (Fsp3) is 1.00. The largest absolute Gasteiger partial charge is 0.367 e. The van der Waals surface area contributed by atoms with Crippen molar-refractivity contribution in [3.63, 3.8) is 0 Å². The fourth-order valence-corrected chi connectivity index (χ4v) is 3.54. The van der Waals surface area contributed by atoms with Gasteiger partial charge in [-0.2, -0.15) is 0 Å². The highest BCUT2D eigenvalue weighted by molar-refractivity contribution is 4.93. The van der Waals surface area contributed by atoms with Crippen molar-refractivity contribution >= 4 is 0 Å². The van der Waals surface area contributed by atoms with E-state index in [1.165, 1.54) is 12.8 Å². The lowest BCUT2D eigenvalue weighted by atomic mass is 9.92. The summed E-state index contributed by atoms with van der Waals surface area (Å²) in [5.74, 6) is 0. The summed E-state index contributed by atoms with van der Waals surface area (Å²) in [5, 5.41) is 3.53. The van der Waals surface area contributed by atoms with E-state index in [0.29, 0.717) is 6.04 Å². The maximum Gasteiger partial charge on any atom is 0.0760 e. The molecular weight excluding hydrogens is 212 g/mol. The van der Waals surface area contributed by atoms with Crippen molar-refractivity contribution in [2.24, 2.45) is 0 Å². The maximum atomic E-state index is 6.15. The lowest BCUT2D eigenvalue weighted by Crippen LogP contribution is -2.61. The highest BCUT2D eigenvalue weighted by Gasteiger charge is 2.40. The summed E-state index contributed by atoms with van der Waals surface area (Å²) in [6.45, 7) is 14.4. The van der Waals surface area contributed by atoms with Crippen LogP contribution >= 0.6 is 0 Å². The molecule has 2 aliphatic heterocycles. The van der Waals surface area contributed by atoms with Gasteiger partial charge in [0, 0.05) is 25.2 Å². The third-order valence-corrected chi connectivity index (χ3v) is 3.83. The molecule has 3 nitrogen and oxygen atoms in total. The van der Waals surface area contributed by atoms with Gasteiger partial charge in [-0.1, -0.05) is 0 Å².